The van der Waals surface area contributed by atoms with Crippen LogP contribution in [0, 0.1) is 0 Å². The van der Waals surface area contributed by atoms with Crippen molar-refractivity contribution in [2.24, 2.45) is 0 Å². The summed E-state index contributed by atoms with van der Waals surface area (Å²) in [7, 11) is 0. The van der Waals surface area contributed by atoms with E-state index >= 15 is 0 Å². The van der Waals surface area contributed by atoms with Gasteiger partial charge < -0.3 is 9.84 Å². The Balaban J connectivity index is 2.09. The summed E-state index contributed by atoms with van der Waals surface area (Å²) in [6, 6.07) is 18.9. The van der Waals surface area contributed by atoms with Crippen LogP contribution in [0.1, 0.15) is 5.56 Å². The number of aliphatic hydroxyl groups excluding tert-OH is 1. The van der Waals surface area contributed by atoms with Gasteiger partial charge in [0.25, 0.3) is 0 Å². The van der Waals surface area contributed by atoms with Gasteiger partial charge in [0, 0.05) is 21.4 Å². The highest BCUT2D eigenvalue weighted by Crippen LogP contribution is 2.35. The molecular formula is C17H13ClO2. The van der Waals surface area contributed by atoms with E-state index in [2.05, 4.69) is 0 Å². The molecule has 3 aromatic carbocycles. The van der Waals surface area contributed by atoms with Gasteiger partial charge in [-0.25, -0.2) is 0 Å². The Kier molecular flexibility index (Phi) is 3.59. The van der Waals surface area contributed by atoms with E-state index in [0.717, 1.165) is 22.1 Å². The monoisotopic (exact) mass is 284 g/mol. The molecule has 0 amide bonds. The number of para-hydroxylation sites is 1. The molecule has 2 nitrogen and oxygen atoms in total. The van der Waals surface area contributed by atoms with Gasteiger partial charge in [0.05, 0.1) is 6.61 Å². The minimum Gasteiger partial charge on any atom is -0.456 e. The fraction of sp³-hybridized carbons (Fsp3) is 0.0588. The van der Waals surface area contributed by atoms with Gasteiger partial charge in [-0.15, -0.1) is 0 Å². The fourth-order valence-electron chi connectivity index (χ4n) is 2.18. The summed E-state index contributed by atoms with van der Waals surface area (Å²) in [6.07, 6.45) is 0. The molecule has 0 radical (unpaired) electrons. The van der Waals surface area contributed by atoms with Crippen molar-refractivity contribution in [3.05, 3.63) is 71.2 Å². The van der Waals surface area contributed by atoms with Crippen LogP contribution < -0.4 is 4.74 Å². The maximum atomic E-state index is 9.35. The zero-order valence-corrected chi connectivity index (χ0v) is 11.5. The van der Waals surface area contributed by atoms with Crippen LogP contribution in [-0.4, -0.2) is 5.11 Å². The molecule has 3 rings (SSSR count). The zero-order valence-electron chi connectivity index (χ0n) is 10.7. The summed E-state index contributed by atoms with van der Waals surface area (Å²) < 4.78 is 5.95. The van der Waals surface area contributed by atoms with Crippen molar-refractivity contribution in [2.75, 3.05) is 0 Å². The van der Waals surface area contributed by atoms with E-state index in [1.165, 1.54) is 0 Å². The van der Waals surface area contributed by atoms with Gasteiger partial charge in [0.15, 0.2) is 0 Å². The van der Waals surface area contributed by atoms with Crippen molar-refractivity contribution in [3.8, 4) is 11.5 Å². The maximum Gasteiger partial charge on any atom is 0.135 e. The second-order valence-corrected chi connectivity index (χ2v) is 4.87. The number of hydrogen-bond donors (Lipinski definition) is 1. The van der Waals surface area contributed by atoms with E-state index in [9.17, 15) is 5.11 Å². The number of rotatable bonds is 3. The minimum absolute atomic E-state index is 0.0539. The van der Waals surface area contributed by atoms with Gasteiger partial charge in [0.2, 0.25) is 0 Å². The first kappa shape index (κ1) is 13.0. The fourth-order valence-corrected chi connectivity index (χ4v) is 2.40. The van der Waals surface area contributed by atoms with E-state index < -0.39 is 0 Å². The van der Waals surface area contributed by atoms with E-state index in [0.29, 0.717) is 10.8 Å². The number of benzene rings is 3. The molecule has 0 aliphatic rings. The molecule has 0 aliphatic carbocycles. The van der Waals surface area contributed by atoms with E-state index in [-0.39, 0.29) is 6.61 Å². The molecule has 0 bridgehead atoms. The molecule has 0 saturated heterocycles. The van der Waals surface area contributed by atoms with Gasteiger partial charge >= 0.3 is 0 Å². The van der Waals surface area contributed by atoms with Crippen LogP contribution in [0.2, 0.25) is 5.02 Å². The normalized spacial score (nSPS) is 10.7. The molecule has 0 heterocycles. The predicted octanol–water partition coefficient (Wildman–Crippen LogP) is 4.78. The summed E-state index contributed by atoms with van der Waals surface area (Å²) in [5, 5.41) is 12.0. The van der Waals surface area contributed by atoms with Gasteiger partial charge in [-0.1, -0.05) is 54.1 Å². The van der Waals surface area contributed by atoms with Crippen LogP contribution in [0.25, 0.3) is 10.8 Å². The molecule has 0 aliphatic heterocycles. The van der Waals surface area contributed by atoms with E-state index in [1.807, 2.05) is 60.7 Å². The molecule has 0 fully saturated rings. The summed E-state index contributed by atoms with van der Waals surface area (Å²) in [6.45, 7) is -0.0539. The van der Waals surface area contributed by atoms with Gasteiger partial charge in [-0.05, 0) is 18.2 Å². The molecule has 1 N–H and O–H groups in total. The lowest BCUT2D eigenvalue weighted by Crippen LogP contribution is -1.92. The van der Waals surface area contributed by atoms with E-state index in [4.69, 9.17) is 16.3 Å². The smallest absolute Gasteiger partial charge is 0.135 e. The first-order chi connectivity index (χ1) is 9.79. The third-order valence-electron chi connectivity index (χ3n) is 3.19. The van der Waals surface area contributed by atoms with Crippen LogP contribution in [0.15, 0.2) is 60.7 Å². The van der Waals surface area contributed by atoms with Gasteiger partial charge in [-0.2, -0.15) is 0 Å². The Labute approximate surface area is 122 Å². The Morgan fingerprint density at radius 1 is 0.800 bits per heavy atom. The summed E-state index contributed by atoms with van der Waals surface area (Å²) in [4.78, 5) is 0. The van der Waals surface area contributed by atoms with E-state index in [1.54, 1.807) is 0 Å². The maximum absolute atomic E-state index is 9.35. The van der Waals surface area contributed by atoms with Crippen LogP contribution in [-0.2, 0) is 6.61 Å². The summed E-state index contributed by atoms with van der Waals surface area (Å²) >= 11 is 6.19. The Hall–Kier alpha value is -2.03. The Morgan fingerprint density at radius 3 is 2.30 bits per heavy atom. The number of aliphatic hydroxyl groups is 1. The van der Waals surface area contributed by atoms with Crippen molar-refractivity contribution in [3.63, 3.8) is 0 Å². The third kappa shape index (κ3) is 2.36. The molecule has 0 spiro atoms. The van der Waals surface area contributed by atoms with Crippen molar-refractivity contribution in [2.45, 2.75) is 6.61 Å². The standard InChI is InChI=1S/C17H13ClO2/c18-15-9-10-17(14-7-3-2-6-13(14)15)20-16-8-4-1-5-12(16)11-19/h1-10,19H,11H2. The second kappa shape index (κ2) is 5.53. The van der Waals surface area contributed by atoms with Crippen molar-refractivity contribution in [1.82, 2.24) is 0 Å². The quantitative estimate of drug-likeness (QED) is 0.750. The number of ether oxygens (including phenoxy) is 1. The van der Waals surface area contributed by atoms with Crippen LogP contribution in [0.3, 0.4) is 0 Å². The summed E-state index contributed by atoms with van der Waals surface area (Å²) in [5.74, 6) is 1.38. The summed E-state index contributed by atoms with van der Waals surface area (Å²) in [5.41, 5.74) is 0.756. The lowest BCUT2D eigenvalue weighted by Gasteiger charge is -2.12. The van der Waals surface area contributed by atoms with Gasteiger partial charge in [-0.3, -0.25) is 0 Å². The lowest BCUT2D eigenvalue weighted by molar-refractivity contribution is 0.276. The Morgan fingerprint density at radius 2 is 1.50 bits per heavy atom. The van der Waals surface area contributed by atoms with Crippen LogP contribution >= 0.6 is 11.6 Å². The average Bonchev–Trinajstić information content (AvgIpc) is 2.51. The molecule has 0 aromatic heterocycles. The van der Waals surface area contributed by atoms with Crippen LogP contribution in [0.5, 0.6) is 11.5 Å². The topological polar surface area (TPSA) is 29.5 Å². The zero-order chi connectivity index (χ0) is 13.9. The minimum atomic E-state index is -0.0539. The lowest BCUT2D eigenvalue weighted by atomic mass is 10.1. The SMILES string of the molecule is OCc1ccccc1Oc1ccc(Cl)c2ccccc12. The molecule has 100 valence electrons. The highest BCUT2D eigenvalue weighted by Gasteiger charge is 2.08. The van der Waals surface area contributed by atoms with Crippen molar-refractivity contribution >= 4 is 22.4 Å². The molecule has 3 heteroatoms. The molecule has 3 aromatic rings. The first-order valence-electron chi connectivity index (χ1n) is 6.33. The largest absolute Gasteiger partial charge is 0.456 e. The van der Waals surface area contributed by atoms with Crippen molar-refractivity contribution < 1.29 is 9.84 Å². The first-order valence-corrected chi connectivity index (χ1v) is 6.71. The molecule has 0 saturated carbocycles. The second-order valence-electron chi connectivity index (χ2n) is 4.46. The third-order valence-corrected chi connectivity index (χ3v) is 3.52. The number of halogens is 1. The highest BCUT2D eigenvalue weighted by atomic mass is 35.5. The predicted molar refractivity (Wildman–Crippen MR) is 81.4 cm³/mol. The molecule has 0 unspecified atom stereocenters. The Bertz CT molecular complexity index is 753. The number of hydrogen-bond acceptors (Lipinski definition) is 2. The average molecular weight is 285 g/mol. The van der Waals surface area contributed by atoms with Gasteiger partial charge in [0.1, 0.15) is 11.5 Å². The highest BCUT2D eigenvalue weighted by molar-refractivity contribution is 6.35. The van der Waals surface area contributed by atoms with Crippen LogP contribution in [0.4, 0.5) is 0 Å². The van der Waals surface area contributed by atoms with Crippen molar-refractivity contribution in [1.29, 1.82) is 0 Å². The molecular weight excluding hydrogens is 272 g/mol. The number of fused-ring (bicyclic) bond motifs is 1. The molecule has 20 heavy (non-hydrogen) atoms. The molecule has 0 atom stereocenters.